The predicted octanol–water partition coefficient (Wildman–Crippen LogP) is 0.462. The van der Waals surface area contributed by atoms with Crippen LogP contribution in [0.4, 0.5) is 0 Å². The van der Waals surface area contributed by atoms with E-state index in [4.69, 9.17) is 19.9 Å². The number of ether oxygens (including phenoxy) is 3. The minimum Gasteiger partial charge on any atom is -0.496 e. The van der Waals surface area contributed by atoms with Gasteiger partial charge in [-0.15, -0.1) is 0 Å². The standard InChI is InChI=1S/C16H23N3O4/c1-3-18-16(20)12-5-11(17)8-19(12)7-10-4-14-15(23-9-22-14)6-13(10)21-2/h4,6,11-12H,3,5,7-9,17H2,1-2H3,(H,18,20)/t11-,12-/m0/s1. The van der Waals surface area contributed by atoms with E-state index in [1.165, 1.54) is 0 Å². The van der Waals surface area contributed by atoms with E-state index in [2.05, 4.69) is 10.2 Å². The Morgan fingerprint density at radius 1 is 1.43 bits per heavy atom. The fourth-order valence-electron chi connectivity index (χ4n) is 3.18. The van der Waals surface area contributed by atoms with Crippen LogP contribution in [0.1, 0.15) is 18.9 Å². The Morgan fingerprint density at radius 3 is 2.87 bits per heavy atom. The highest BCUT2D eigenvalue weighted by Gasteiger charge is 2.35. The largest absolute Gasteiger partial charge is 0.496 e. The lowest BCUT2D eigenvalue weighted by Crippen LogP contribution is -2.42. The zero-order valence-corrected chi connectivity index (χ0v) is 13.5. The topological polar surface area (TPSA) is 86.1 Å². The van der Waals surface area contributed by atoms with Crippen LogP contribution in [0.5, 0.6) is 17.2 Å². The summed E-state index contributed by atoms with van der Waals surface area (Å²) in [5.74, 6) is 2.15. The first kappa shape index (κ1) is 15.9. The lowest BCUT2D eigenvalue weighted by atomic mass is 10.1. The van der Waals surface area contributed by atoms with Crippen molar-refractivity contribution in [1.29, 1.82) is 0 Å². The molecule has 1 saturated heterocycles. The maximum Gasteiger partial charge on any atom is 0.237 e. The van der Waals surface area contributed by atoms with E-state index < -0.39 is 0 Å². The zero-order valence-electron chi connectivity index (χ0n) is 13.5. The van der Waals surface area contributed by atoms with Crippen LogP contribution >= 0.6 is 0 Å². The molecule has 0 aliphatic carbocycles. The van der Waals surface area contributed by atoms with E-state index in [1.54, 1.807) is 7.11 Å². The number of carbonyl (C=O) groups excluding carboxylic acids is 1. The zero-order chi connectivity index (χ0) is 16.4. The van der Waals surface area contributed by atoms with Gasteiger partial charge in [0.15, 0.2) is 11.5 Å². The molecule has 3 rings (SSSR count). The number of nitrogens with one attached hydrogen (secondary N) is 1. The molecule has 0 aromatic heterocycles. The van der Waals surface area contributed by atoms with Gasteiger partial charge in [-0.05, 0) is 19.4 Å². The molecule has 23 heavy (non-hydrogen) atoms. The van der Waals surface area contributed by atoms with Crippen molar-refractivity contribution in [3.8, 4) is 17.2 Å². The maximum atomic E-state index is 12.2. The van der Waals surface area contributed by atoms with Gasteiger partial charge in [0, 0.05) is 37.3 Å². The Bertz CT molecular complexity index is 593. The highest BCUT2D eigenvalue weighted by atomic mass is 16.7. The highest BCUT2D eigenvalue weighted by molar-refractivity contribution is 5.82. The number of rotatable bonds is 5. The highest BCUT2D eigenvalue weighted by Crippen LogP contribution is 2.39. The molecule has 0 bridgehead atoms. The van der Waals surface area contributed by atoms with Crippen LogP contribution in [-0.4, -0.2) is 49.9 Å². The average Bonchev–Trinajstić information content (AvgIpc) is 3.12. The molecule has 0 radical (unpaired) electrons. The molecule has 1 fully saturated rings. The van der Waals surface area contributed by atoms with Crippen molar-refractivity contribution in [2.45, 2.75) is 32.0 Å². The number of carbonyl (C=O) groups is 1. The summed E-state index contributed by atoms with van der Waals surface area (Å²) < 4.78 is 16.3. The molecule has 126 valence electrons. The fraction of sp³-hybridized carbons (Fsp3) is 0.562. The second-order valence-electron chi connectivity index (χ2n) is 5.85. The number of hydrogen-bond donors (Lipinski definition) is 2. The van der Waals surface area contributed by atoms with E-state index in [-0.39, 0.29) is 24.8 Å². The maximum absolute atomic E-state index is 12.2. The molecule has 2 aliphatic rings. The molecule has 0 saturated carbocycles. The first-order valence-corrected chi connectivity index (χ1v) is 7.86. The van der Waals surface area contributed by atoms with Gasteiger partial charge < -0.3 is 25.3 Å². The summed E-state index contributed by atoms with van der Waals surface area (Å²) in [7, 11) is 1.62. The van der Waals surface area contributed by atoms with Gasteiger partial charge in [0.1, 0.15) is 5.75 Å². The Kier molecular flexibility index (Phi) is 4.58. The van der Waals surface area contributed by atoms with Gasteiger partial charge in [-0.25, -0.2) is 0 Å². The number of amides is 1. The van der Waals surface area contributed by atoms with E-state index in [1.807, 2.05) is 19.1 Å². The summed E-state index contributed by atoms with van der Waals surface area (Å²) in [5.41, 5.74) is 7.02. The molecule has 2 atom stereocenters. The summed E-state index contributed by atoms with van der Waals surface area (Å²) in [6.45, 7) is 4.01. The molecule has 7 heteroatoms. The summed E-state index contributed by atoms with van der Waals surface area (Å²) >= 11 is 0. The molecule has 0 spiro atoms. The number of benzene rings is 1. The predicted molar refractivity (Wildman–Crippen MR) is 84.6 cm³/mol. The van der Waals surface area contributed by atoms with Gasteiger partial charge in [-0.1, -0.05) is 0 Å². The lowest BCUT2D eigenvalue weighted by Gasteiger charge is -2.24. The minimum atomic E-state index is -0.208. The first-order valence-electron chi connectivity index (χ1n) is 7.86. The van der Waals surface area contributed by atoms with Crippen LogP contribution in [0.3, 0.4) is 0 Å². The van der Waals surface area contributed by atoms with Crippen LogP contribution in [-0.2, 0) is 11.3 Å². The molecule has 1 aromatic carbocycles. The van der Waals surface area contributed by atoms with Gasteiger partial charge in [-0.2, -0.15) is 0 Å². The molecular formula is C16H23N3O4. The molecule has 2 heterocycles. The number of fused-ring (bicyclic) bond motifs is 1. The van der Waals surface area contributed by atoms with Crippen molar-refractivity contribution in [2.24, 2.45) is 5.73 Å². The minimum absolute atomic E-state index is 0.00242. The van der Waals surface area contributed by atoms with Crippen LogP contribution in [0.2, 0.25) is 0 Å². The second-order valence-corrected chi connectivity index (χ2v) is 5.85. The molecule has 7 nitrogen and oxygen atoms in total. The summed E-state index contributed by atoms with van der Waals surface area (Å²) in [6.07, 6.45) is 0.665. The van der Waals surface area contributed by atoms with Crippen molar-refractivity contribution in [3.63, 3.8) is 0 Å². The van der Waals surface area contributed by atoms with Crippen LogP contribution in [0.25, 0.3) is 0 Å². The number of likely N-dealkylation sites (tertiary alicyclic amines) is 1. The summed E-state index contributed by atoms with van der Waals surface area (Å²) in [5, 5.41) is 2.88. The van der Waals surface area contributed by atoms with Crippen molar-refractivity contribution in [1.82, 2.24) is 10.2 Å². The Morgan fingerprint density at radius 2 is 2.17 bits per heavy atom. The number of nitrogens with zero attached hydrogens (tertiary/aromatic N) is 1. The smallest absolute Gasteiger partial charge is 0.237 e. The van der Waals surface area contributed by atoms with E-state index in [0.29, 0.717) is 37.6 Å². The normalized spacial score (nSPS) is 23.1. The van der Waals surface area contributed by atoms with Gasteiger partial charge >= 0.3 is 0 Å². The van der Waals surface area contributed by atoms with Gasteiger partial charge in [0.05, 0.1) is 13.2 Å². The summed E-state index contributed by atoms with van der Waals surface area (Å²) in [6, 6.07) is 3.54. The molecule has 0 unspecified atom stereocenters. The Labute approximate surface area is 135 Å². The SMILES string of the molecule is CCNC(=O)[C@@H]1C[C@H](N)CN1Cc1cc2c(cc1OC)OCO2. The summed E-state index contributed by atoms with van der Waals surface area (Å²) in [4.78, 5) is 14.3. The third-order valence-electron chi connectivity index (χ3n) is 4.24. The van der Waals surface area contributed by atoms with Crippen LogP contribution in [0.15, 0.2) is 12.1 Å². The molecule has 3 N–H and O–H groups in total. The Hall–Kier alpha value is -1.99. The number of hydrogen-bond acceptors (Lipinski definition) is 6. The molecular weight excluding hydrogens is 298 g/mol. The third kappa shape index (κ3) is 3.20. The van der Waals surface area contributed by atoms with Crippen molar-refractivity contribution >= 4 is 5.91 Å². The number of methoxy groups -OCH3 is 1. The fourth-order valence-corrected chi connectivity index (χ4v) is 3.18. The third-order valence-corrected chi connectivity index (χ3v) is 4.24. The lowest BCUT2D eigenvalue weighted by molar-refractivity contribution is -0.125. The molecule has 1 amide bonds. The van der Waals surface area contributed by atoms with E-state index in [9.17, 15) is 4.79 Å². The van der Waals surface area contributed by atoms with E-state index in [0.717, 1.165) is 11.3 Å². The van der Waals surface area contributed by atoms with Gasteiger partial charge in [0.2, 0.25) is 12.7 Å². The van der Waals surface area contributed by atoms with Crippen molar-refractivity contribution in [3.05, 3.63) is 17.7 Å². The van der Waals surface area contributed by atoms with Gasteiger partial charge in [-0.3, -0.25) is 9.69 Å². The van der Waals surface area contributed by atoms with Crippen molar-refractivity contribution < 1.29 is 19.0 Å². The average molecular weight is 321 g/mol. The first-order chi connectivity index (χ1) is 11.1. The quantitative estimate of drug-likeness (QED) is 0.819. The number of nitrogens with two attached hydrogens (primary N) is 1. The molecule has 1 aromatic rings. The van der Waals surface area contributed by atoms with Crippen LogP contribution < -0.4 is 25.3 Å². The number of likely N-dealkylation sites (N-methyl/N-ethyl adjacent to an activating group) is 1. The molecule has 2 aliphatic heterocycles. The van der Waals surface area contributed by atoms with E-state index >= 15 is 0 Å². The van der Waals surface area contributed by atoms with Crippen molar-refractivity contribution in [2.75, 3.05) is 27.0 Å². The monoisotopic (exact) mass is 321 g/mol. The Balaban J connectivity index is 1.81. The van der Waals surface area contributed by atoms with Gasteiger partial charge in [0.25, 0.3) is 0 Å². The van der Waals surface area contributed by atoms with Crippen LogP contribution in [0, 0.1) is 0 Å². The second kappa shape index (κ2) is 6.64.